The Kier molecular flexibility index (Phi) is 6.01. The number of carbonyl (C=O) groups excluding carboxylic acids is 1. The van der Waals surface area contributed by atoms with Gasteiger partial charge in [0.15, 0.2) is 0 Å². The van der Waals surface area contributed by atoms with Gasteiger partial charge in [0.1, 0.15) is 11.9 Å². The summed E-state index contributed by atoms with van der Waals surface area (Å²) in [5.74, 6) is -0.130. The van der Waals surface area contributed by atoms with E-state index in [4.69, 9.17) is 4.74 Å². The van der Waals surface area contributed by atoms with Crippen molar-refractivity contribution < 1.29 is 14.6 Å². The van der Waals surface area contributed by atoms with Crippen molar-refractivity contribution in [3.8, 4) is 5.75 Å². The summed E-state index contributed by atoms with van der Waals surface area (Å²) in [5.41, 5.74) is 2.32. The van der Waals surface area contributed by atoms with Gasteiger partial charge >= 0.3 is 0 Å². The van der Waals surface area contributed by atoms with Crippen LogP contribution in [0.2, 0.25) is 0 Å². The van der Waals surface area contributed by atoms with Crippen molar-refractivity contribution in [1.29, 1.82) is 0 Å². The number of phenolic OH excluding ortho intramolecular Hbond substituents is 1. The number of aromatic hydroxyl groups is 1. The molecule has 0 bridgehead atoms. The van der Waals surface area contributed by atoms with Crippen molar-refractivity contribution in [2.75, 3.05) is 31.1 Å². The second kappa shape index (κ2) is 8.44. The van der Waals surface area contributed by atoms with Gasteiger partial charge in [-0.1, -0.05) is 30.3 Å². The molecule has 5 heteroatoms. The van der Waals surface area contributed by atoms with Crippen LogP contribution >= 0.6 is 0 Å². The Bertz CT molecular complexity index is 774. The van der Waals surface area contributed by atoms with Crippen LogP contribution in [0.3, 0.4) is 0 Å². The fourth-order valence-electron chi connectivity index (χ4n) is 3.63. The van der Waals surface area contributed by atoms with E-state index in [0.717, 1.165) is 24.3 Å². The van der Waals surface area contributed by atoms with Crippen LogP contribution in [0.15, 0.2) is 48.5 Å². The van der Waals surface area contributed by atoms with Gasteiger partial charge < -0.3 is 19.6 Å². The predicted octanol–water partition coefficient (Wildman–Crippen LogP) is 3.84. The maximum Gasteiger partial charge on any atom is 0.257 e. The van der Waals surface area contributed by atoms with Gasteiger partial charge in [0.2, 0.25) is 0 Å². The zero-order chi connectivity index (χ0) is 19.4. The van der Waals surface area contributed by atoms with Gasteiger partial charge in [0, 0.05) is 31.4 Å². The van der Waals surface area contributed by atoms with Crippen LogP contribution in [-0.2, 0) is 4.74 Å². The summed E-state index contributed by atoms with van der Waals surface area (Å²) >= 11 is 0. The first kappa shape index (κ1) is 19.2. The highest BCUT2D eigenvalue weighted by Gasteiger charge is 2.31. The lowest BCUT2D eigenvalue weighted by atomic mass is 10.0. The number of ether oxygens (including phenoxy) is 1. The minimum atomic E-state index is -0.158. The third-order valence-corrected chi connectivity index (χ3v) is 5.06. The summed E-state index contributed by atoms with van der Waals surface area (Å²) < 4.78 is 6.04. The van der Waals surface area contributed by atoms with Gasteiger partial charge in [-0.15, -0.1) is 0 Å². The van der Waals surface area contributed by atoms with Crippen LogP contribution < -0.4 is 4.90 Å². The second-order valence-electron chi connectivity index (χ2n) is 6.93. The van der Waals surface area contributed by atoms with Gasteiger partial charge in [0.25, 0.3) is 5.91 Å². The average Bonchev–Trinajstić information content (AvgIpc) is 2.69. The molecule has 1 aliphatic heterocycles. The first-order valence-electron chi connectivity index (χ1n) is 9.61. The van der Waals surface area contributed by atoms with Crippen LogP contribution in [0.1, 0.15) is 42.8 Å². The molecule has 1 heterocycles. The number of morpholine rings is 1. The fourth-order valence-corrected chi connectivity index (χ4v) is 3.63. The van der Waals surface area contributed by atoms with E-state index < -0.39 is 0 Å². The third kappa shape index (κ3) is 4.25. The zero-order valence-electron chi connectivity index (χ0n) is 16.3. The summed E-state index contributed by atoms with van der Waals surface area (Å²) in [6, 6.07) is 15.3. The van der Waals surface area contributed by atoms with Crippen molar-refractivity contribution in [3.63, 3.8) is 0 Å². The molecule has 0 unspecified atom stereocenters. The maximum absolute atomic E-state index is 13.1. The highest BCUT2D eigenvalue weighted by Crippen LogP contribution is 2.29. The molecule has 2 atom stereocenters. The number of nitrogens with zero attached hydrogens (tertiary/aromatic N) is 2. The topological polar surface area (TPSA) is 53.0 Å². The summed E-state index contributed by atoms with van der Waals surface area (Å²) in [6.07, 6.45) is -0.221. The van der Waals surface area contributed by atoms with Gasteiger partial charge in [-0.25, -0.2) is 0 Å². The number of phenols is 1. The number of anilines is 1. The van der Waals surface area contributed by atoms with E-state index in [-0.39, 0.29) is 23.9 Å². The van der Waals surface area contributed by atoms with Crippen LogP contribution in [-0.4, -0.2) is 48.2 Å². The van der Waals surface area contributed by atoms with E-state index in [1.165, 1.54) is 0 Å². The molecular weight excluding hydrogens is 340 g/mol. The molecule has 0 aromatic heterocycles. The van der Waals surface area contributed by atoms with Crippen molar-refractivity contribution in [2.24, 2.45) is 0 Å². The summed E-state index contributed by atoms with van der Waals surface area (Å²) in [4.78, 5) is 17.0. The summed E-state index contributed by atoms with van der Waals surface area (Å²) in [7, 11) is 0. The Hall–Kier alpha value is -2.53. The number of hydrogen-bond donors (Lipinski definition) is 1. The first-order valence-corrected chi connectivity index (χ1v) is 9.61. The molecule has 0 radical (unpaired) electrons. The molecule has 1 fully saturated rings. The van der Waals surface area contributed by atoms with E-state index in [9.17, 15) is 9.90 Å². The molecule has 27 heavy (non-hydrogen) atoms. The standard InChI is InChI=1S/C22H28N2O3/c1-4-23(5-2)18-11-12-19(20(25)13-18)22(26)24-14-16(3)27-21(15-24)17-9-7-6-8-10-17/h6-13,16,21,25H,4-5,14-15H2,1-3H3/t16-,21-/m0/s1. The molecule has 3 rings (SSSR count). The Balaban J connectivity index is 1.80. The molecular formula is C22H28N2O3. The van der Waals surface area contributed by atoms with E-state index in [0.29, 0.717) is 18.7 Å². The lowest BCUT2D eigenvalue weighted by Crippen LogP contribution is -2.46. The van der Waals surface area contributed by atoms with E-state index in [2.05, 4.69) is 18.7 Å². The summed E-state index contributed by atoms with van der Waals surface area (Å²) in [6.45, 7) is 8.80. The van der Waals surface area contributed by atoms with E-state index in [1.54, 1.807) is 17.0 Å². The second-order valence-corrected chi connectivity index (χ2v) is 6.93. The van der Waals surface area contributed by atoms with Crippen molar-refractivity contribution >= 4 is 11.6 Å². The lowest BCUT2D eigenvalue weighted by molar-refractivity contribution is -0.0692. The third-order valence-electron chi connectivity index (χ3n) is 5.06. The van der Waals surface area contributed by atoms with Gasteiger partial charge in [-0.3, -0.25) is 4.79 Å². The Morgan fingerprint density at radius 3 is 2.48 bits per heavy atom. The molecule has 2 aromatic rings. The monoisotopic (exact) mass is 368 g/mol. The molecule has 0 spiro atoms. The highest BCUT2D eigenvalue weighted by molar-refractivity contribution is 5.97. The highest BCUT2D eigenvalue weighted by atomic mass is 16.5. The minimum Gasteiger partial charge on any atom is -0.507 e. The van der Waals surface area contributed by atoms with Gasteiger partial charge in [0.05, 0.1) is 18.2 Å². The molecule has 0 saturated carbocycles. The average molecular weight is 368 g/mol. The molecule has 1 amide bonds. The minimum absolute atomic E-state index is 0.0276. The molecule has 5 nitrogen and oxygen atoms in total. The zero-order valence-corrected chi connectivity index (χ0v) is 16.3. The number of hydrogen-bond acceptors (Lipinski definition) is 4. The van der Waals surface area contributed by atoms with Crippen molar-refractivity contribution in [3.05, 3.63) is 59.7 Å². The summed E-state index contributed by atoms with van der Waals surface area (Å²) in [5, 5.41) is 10.5. The first-order chi connectivity index (χ1) is 13.0. The SMILES string of the molecule is CCN(CC)c1ccc(C(=O)N2C[C@@H](c3ccccc3)O[C@@H](C)C2)c(O)c1. The largest absolute Gasteiger partial charge is 0.507 e. The molecule has 144 valence electrons. The van der Waals surface area contributed by atoms with Gasteiger partial charge in [-0.05, 0) is 38.5 Å². The normalized spacial score (nSPS) is 19.7. The molecule has 0 aliphatic carbocycles. The Labute approximate surface area is 161 Å². The number of carbonyl (C=O) groups is 1. The van der Waals surface area contributed by atoms with Crippen molar-refractivity contribution in [2.45, 2.75) is 33.0 Å². The van der Waals surface area contributed by atoms with E-state index >= 15 is 0 Å². The lowest BCUT2D eigenvalue weighted by Gasteiger charge is -2.37. The molecule has 1 saturated heterocycles. The maximum atomic E-state index is 13.1. The van der Waals surface area contributed by atoms with Crippen molar-refractivity contribution in [1.82, 2.24) is 4.90 Å². The Morgan fingerprint density at radius 2 is 1.85 bits per heavy atom. The molecule has 1 N–H and O–H groups in total. The van der Waals surface area contributed by atoms with Crippen LogP contribution in [0.5, 0.6) is 5.75 Å². The number of rotatable bonds is 5. The van der Waals surface area contributed by atoms with Crippen LogP contribution in [0.4, 0.5) is 5.69 Å². The molecule has 1 aliphatic rings. The van der Waals surface area contributed by atoms with Crippen LogP contribution in [0.25, 0.3) is 0 Å². The molecule has 2 aromatic carbocycles. The van der Waals surface area contributed by atoms with Crippen LogP contribution in [0, 0.1) is 0 Å². The smallest absolute Gasteiger partial charge is 0.257 e. The number of benzene rings is 2. The van der Waals surface area contributed by atoms with E-state index in [1.807, 2.05) is 43.3 Å². The van der Waals surface area contributed by atoms with Gasteiger partial charge in [-0.2, -0.15) is 0 Å². The Morgan fingerprint density at radius 1 is 1.15 bits per heavy atom. The quantitative estimate of drug-likeness (QED) is 0.871. The fraction of sp³-hybridized carbons (Fsp3) is 0.409. The predicted molar refractivity (Wildman–Crippen MR) is 107 cm³/mol. The number of amides is 1.